The normalized spacial score (nSPS) is 11.1. The smallest absolute Gasteiger partial charge is 0.127 e. The fraction of sp³-hybridized carbons (Fsp3) is 0.118. The predicted octanol–water partition coefficient (Wildman–Crippen LogP) is 8.58. The van der Waals surface area contributed by atoms with Gasteiger partial charge in [0.2, 0.25) is 0 Å². The first-order valence-electron chi connectivity index (χ1n) is 13.0. The molecule has 0 saturated heterocycles. The summed E-state index contributed by atoms with van der Waals surface area (Å²) in [4.78, 5) is 8.33. The van der Waals surface area contributed by atoms with Gasteiger partial charge in [0.25, 0.3) is 0 Å². The maximum absolute atomic E-state index is 6.22. The molecule has 0 bridgehead atoms. The quantitative estimate of drug-likeness (QED) is 0.222. The van der Waals surface area contributed by atoms with Crippen LogP contribution in [0.1, 0.15) is 13.8 Å². The Kier molecular flexibility index (Phi) is 6.45. The Morgan fingerprint density at radius 1 is 0.474 bits per heavy atom. The van der Waals surface area contributed by atoms with E-state index in [1.54, 1.807) is 0 Å². The molecule has 38 heavy (non-hydrogen) atoms. The summed E-state index contributed by atoms with van der Waals surface area (Å²) >= 11 is 0. The average Bonchev–Trinajstić information content (AvgIpc) is 2.98. The van der Waals surface area contributed by atoms with Crippen molar-refractivity contribution in [1.29, 1.82) is 0 Å². The predicted molar refractivity (Wildman–Crippen MR) is 156 cm³/mol. The minimum atomic E-state index is 0.578. The van der Waals surface area contributed by atoms with Gasteiger partial charge in [0.1, 0.15) is 11.5 Å². The monoisotopic (exact) mass is 496 g/mol. The van der Waals surface area contributed by atoms with E-state index in [1.165, 1.54) is 0 Å². The van der Waals surface area contributed by atoms with Crippen molar-refractivity contribution in [3.8, 4) is 44.9 Å². The van der Waals surface area contributed by atoms with E-state index in [4.69, 9.17) is 9.47 Å². The SMILES string of the molecule is CCOc1ccc2cc(-c3ccncc3)ccc2c1-c1c(OCC)ccc2cc(-c3ccncc3)ccc12. The Hall–Kier alpha value is -4.70. The van der Waals surface area contributed by atoms with Crippen molar-refractivity contribution in [2.75, 3.05) is 13.2 Å². The molecule has 0 unspecified atom stereocenters. The Labute approximate surface area is 222 Å². The van der Waals surface area contributed by atoms with Crippen LogP contribution in [-0.2, 0) is 0 Å². The van der Waals surface area contributed by atoms with Crippen LogP contribution in [0, 0.1) is 0 Å². The molecule has 0 amide bonds. The lowest BCUT2D eigenvalue weighted by molar-refractivity contribution is 0.337. The van der Waals surface area contributed by atoms with Gasteiger partial charge in [0.05, 0.1) is 13.2 Å². The first-order valence-corrected chi connectivity index (χ1v) is 13.0. The third-order valence-electron chi connectivity index (χ3n) is 6.84. The van der Waals surface area contributed by atoms with E-state index >= 15 is 0 Å². The van der Waals surface area contributed by atoms with E-state index in [1.807, 2.05) is 62.9 Å². The molecule has 0 radical (unpaired) electrons. The highest BCUT2D eigenvalue weighted by Gasteiger charge is 2.19. The topological polar surface area (TPSA) is 44.2 Å². The molecule has 0 aliphatic rings. The van der Waals surface area contributed by atoms with Gasteiger partial charge in [0.15, 0.2) is 0 Å². The van der Waals surface area contributed by atoms with Crippen LogP contribution in [-0.4, -0.2) is 23.2 Å². The minimum Gasteiger partial charge on any atom is -0.493 e. The summed E-state index contributed by atoms with van der Waals surface area (Å²) in [5.74, 6) is 1.70. The van der Waals surface area contributed by atoms with E-state index in [0.29, 0.717) is 13.2 Å². The second-order valence-corrected chi connectivity index (χ2v) is 9.09. The number of fused-ring (bicyclic) bond motifs is 2. The van der Waals surface area contributed by atoms with E-state index < -0.39 is 0 Å². The number of hydrogen-bond acceptors (Lipinski definition) is 4. The summed E-state index contributed by atoms with van der Waals surface area (Å²) in [5.41, 5.74) is 6.69. The number of pyridine rings is 2. The summed E-state index contributed by atoms with van der Waals surface area (Å²) in [6.45, 7) is 5.20. The van der Waals surface area contributed by atoms with Crippen LogP contribution in [0.2, 0.25) is 0 Å². The first kappa shape index (κ1) is 23.7. The maximum Gasteiger partial charge on any atom is 0.127 e. The molecule has 0 spiro atoms. The second kappa shape index (κ2) is 10.3. The number of nitrogens with zero attached hydrogens (tertiary/aromatic N) is 2. The van der Waals surface area contributed by atoms with Crippen molar-refractivity contribution in [3.05, 3.63) is 110 Å². The summed E-state index contributed by atoms with van der Waals surface area (Å²) in [5, 5.41) is 4.54. The van der Waals surface area contributed by atoms with Gasteiger partial charge in [0, 0.05) is 35.9 Å². The number of benzene rings is 4. The average molecular weight is 497 g/mol. The van der Waals surface area contributed by atoms with Crippen molar-refractivity contribution in [1.82, 2.24) is 9.97 Å². The molecule has 2 heterocycles. The van der Waals surface area contributed by atoms with Crippen LogP contribution in [0.3, 0.4) is 0 Å². The van der Waals surface area contributed by atoms with E-state index in [9.17, 15) is 0 Å². The van der Waals surface area contributed by atoms with E-state index in [2.05, 4.69) is 70.6 Å². The van der Waals surface area contributed by atoms with Gasteiger partial charge in [-0.25, -0.2) is 0 Å². The molecule has 0 aliphatic heterocycles. The Balaban J connectivity index is 1.62. The molecule has 0 atom stereocenters. The molecule has 0 saturated carbocycles. The van der Waals surface area contributed by atoms with Gasteiger partial charge in [-0.3, -0.25) is 9.97 Å². The fourth-order valence-corrected chi connectivity index (χ4v) is 5.13. The highest BCUT2D eigenvalue weighted by Crippen LogP contribution is 2.46. The largest absolute Gasteiger partial charge is 0.493 e. The molecule has 0 fully saturated rings. The summed E-state index contributed by atoms with van der Waals surface area (Å²) < 4.78 is 12.4. The Morgan fingerprint density at radius 2 is 0.895 bits per heavy atom. The van der Waals surface area contributed by atoms with Crippen LogP contribution < -0.4 is 9.47 Å². The molecule has 4 aromatic carbocycles. The third kappa shape index (κ3) is 4.35. The molecule has 186 valence electrons. The third-order valence-corrected chi connectivity index (χ3v) is 6.84. The van der Waals surface area contributed by atoms with Gasteiger partial charge >= 0.3 is 0 Å². The summed E-state index contributed by atoms with van der Waals surface area (Å²) in [6.07, 6.45) is 7.31. The highest BCUT2D eigenvalue weighted by molar-refractivity contribution is 6.11. The molecule has 6 aromatic rings. The zero-order chi connectivity index (χ0) is 25.9. The molecule has 6 rings (SSSR count). The standard InChI is InChI=1S/C34H28N2O2/c1-3-37-31-11-7-27-21-25(23-13-17-35-18-14-23)5-9-29(27)33(31)34-30-10-6-26(24-15-19-36-20-16-24)22-28(30)8-12-32(34)38-4-2/h5-22H,3-4H2,1-2H3. The van der Waals surface area contributed by atoms with Gasteiger partial charge in [-0.1, -0.05) is 36.4 Å². The second-order valence-electron chi connectivity index (χ2n) is 9.09. The fourth-order valence-electron chi connectivity index (χ4n) is 5.13. The van der Waals surface area contributed by atoms with Crippen LogP contribution in [0.15, 0.2) is 110 Å². The zero-order valence-electron chi connectivity index (χ0n) is 21.5. The van der Waals surface area contributed by atoms with Crippen molar-refractivity contribution < 1.29 is 9.47 Å². The zero-order valence-corrected chi connectivity index (χ0v) is 21.5. The number of aromatic nitrogens is 2. The van der Waals surface area contributed by atoms with Crippen LogP contribution in [0.5, 0.6) is 11.5 Å². The molecular weight excluding hydrogens is 468 g/mol. The lowest BCUT2D eigenvalue weighted by Crippen LogP contribution is -1.99. The molecular formula is C34H28N2O2. The Bertz CT molecular complexity index is 1600. The molecule has 0 aliphatic carbocycles. The first-order chi connectivity index (χ1) is 18.8. The number of ether oxygens (including phenoxy) is 2. The highest BCUT2D eigenvalue weighted by atomic mass is 16.5. The van der Waals surface area contributed by atoms with Crippen LogP contribution in [0.4, 0.5) is 0 Å². The Morgan fingerprint density at radius 3 is 1.29 bits per heavy atom. The lowest BCUT2D eigenvalue weighted by atomic mass is 9.90. The van der Waals surface area contributed by atoms with Crippen molar-refractivity contribution in [2.24, 2.45) is 0 Å². The van der Waals surface area contributed by atoms with Gasteiger partial charge in [-0.15, -0.1) is 0 Å². The lowest BCUT2D eigenvalue weighted by Gasteiger charge is -2.20. The van der Waals surface area contributed by atoms with Crippen LogP contribution in [0.25, 0.3) is 54.9 Å². The van der Waals surface area contributed by atoms with Gasteiger partial charge in [-0.05, 0) is 106 Å². The van der Waals surface area contributed by atoms with Gasteiger partial charge in [-0.2, -0.15) is 0 Å². The van der Waals surface area contributed by atoms with Crippen molar-refractivity contribution in [2.45, 2.75) is 13.8 Å². The maximum atomic E-state index is 6.22. The van der Waals surface area contributed by atoms with E-state index in [0.717, 1.165) is 66.4 Å². The molecule has 0 N–H and O–H groups in total. The van der Waals surface area contributed by atoms with Crippen molar-refractivity contribution in [3.63, 3.8) is 0 Å². The van der Waals surface area contributed by atoms with E-state index in [-0.39, 0.29) is 0 Å². The molecule has 4 heteroatoms. The number of hydrogen-bond donors (Lipinski definition) is 0. The van der Waals surface area contributed by atoms with Crippen molar-refractivity contribution >= 4 is 21.5 Å². The summed E-state index contributed by atoms with van der Waals surface area (Å²) in [7, 11) is 0. The number of rotatable bonds is 7. The molecule has 4 nitrogen and oxygen atoms in total. The minimum absolute atomic E-state index is 0.578. The van der Waals surface area contributed by atoms with Crippen LogP contribution >= 0.6 is 0 Å². The molecule has 2 aromatic heterocycles. The summed E-state index contributed by atoms with van der Waals surface area (Å²) in [6, 6.07) is 29.8. The van der Waals surface area contributed by atoms with Gasteiger partial charge < -0.3 is 9.47 Å².